The largest absolute Gasteiger partial charge is 0.478 e. The fraction of sp³-hybridized carbons (Fsp3) is 0.111. The Morgan fingerprint density at radius 3 is 2.64 bits per heavy atom. The molecule has 0 fully saturated rings. The summed E-state index contributed by atoms with van der Waals surface area (Å²) >= 11 is 0. The highest BCUT2D eigenvalue weighted by Gasteiger charge is 2.11. The summed E-state index contributed by atoms with van der Waals surface area (Å²) in [6, 6.07) is 14.4. The molecule has 2 aromatic rings. The van der Waals surface area contributed by atoms with Crippen molar-refractivity contribution in [1.29, 1.82) is 0 Å². The summed E-state index contributed by atoms with van der Waals surface area (Å²) in [6.45, 7) is 2.05. The molecule has 2 N–H and O–H groups in total. The third-order valence-electron chi connectivity index (χ3n) is 3.31. The second-order valence-corrected chi connectivity index (χ2v) is 4.75. The van der Waals surface area contributed by atoms with Crippen LogP contribution in [0.15, 0.2) is 54.6 Å². The van der Waals surface area contributed by atoms with Gasteiger partial charge in [0.05, 0.1) is 11.3 Å². The summed E-state index contributed by atoms with van der Waals surface area (Å²) < 4.78 is 0. The molecular formula is C18H17NO3. The van der Waals surface area contributed by atoms with Crippen LogP contribution in [0.4, 0.5) is 5.69 Å². The average Bonchev–Trinajstić information content (AvgIpc) is 2.55. The molecule has 0 aromatic heterocycles. The molecule has 22 heavy (non-hydrogen) atoms. The molecular weight excluding hydrogens is 278 g/mol. The van der Waals surface area contributed by atoms with Gasteiger partial charge in [-0.15, -0.1) is 0 Å². The molecule has 4 nitrogen and oxygen atoms in total. The summed E-state index contributed by atoms with van der Waals surface area (Å²) in [5, 5.41) is 12.3. The van der Waals surface area contributed by atoms with Crippen LogP contribution in [-0.2, 0) is 11.2 Å². The third-order valence-corrected chi connectivity index (χ3v) is 3.31. The first kappa shape index (κ1) is 15.5. The van der Waals surface area contributed by atoms with E-state index in [2.05, 4.69) is 12.2 Å². The fourth-order valence-electron chi connectivity index (χ4n) is 2.16. The van der Waals surface area contributed by atoms with Crippen LogP contribution in [0.5, 0.6) is 0 Å². The normalized spacial score (nSPS) is 11.0. The molecule has 0 saturated heterocycles. The second kappa shape index (κ2) is 7.22. The maximum atomic E-state index is 11.3. The van der Waals surface area contributed by atoms with E-state index in [1.54, 1.807) is 18.2 Å². The SMILES string of the molecule is CCc1cccc(C(=CC=O)Nc2ccccc2C(=O)O)c1. The lowest BCUT2D eigenvalue weighted by molar-refractivity contribution is -0.104. The Morgan fingerprint density at radius 2 is 1.95 bits per heavy atom. The molecule has 0 amide bonds. The molecule has 0 aliphatic heterocycles. The van der Waals surface area contributed by atoms with E-state index in [1.807, 2.05) is 24.3 Å². The molecule has 0 aliphatic rings. The number of carboxylic acids is 1. The Bertz CT molecular complexity index is 720. The van der Waals surface area contributed by atoms with Gasteiger partial charge in [0.1, 0.15) is 6.29 Å². The van der Waals surface area contributed by atoms with Crippen molar-refractivity contribution < 1.29 is 14.7 Å². The van der Waals surface area contributed by atoms with Crippen LogP contribution in [-0.4, -0.2) is 17.4 Å². The zero-order valence-corrected chi connectivity index (χ0v) is 12.2. The van der Waals surface area contributed by atoms with E-state index in [0.717, 1.165) is 17.5 Å². The first-order chi connectivity index (χ1) is 10.7. The molecule has 0 saturated carbocycles. The molecule has 0 spiro atoms. The van der Waals surface area contributed by atoms with Crippen LogP contribution < -0.4 is 5.32 Å². The number of anilines is 1. The first-order valence-corrected chi connectivity index (χ1v) is 6.99. The van der Waals surface area contributed by atoms with Crippen molar-refractivity contribution in [2.45, 2.75) is 13.3 Å². The minimum atomic E-state index is -1.02. The van der Waals surface area contributed by atoms with Crippen molar-refractivity contribution in [2.75, 3.05) is 5.32 Å². The molecule has 0 unspecified atom stereocenters. The van der Waals surface area contributed by atoms with Crippen molar-refractivity contribution in [2.24, 2.45) is 0 Å². The third kappa shape index (κ3) is 3.61. The molecule has 0 bridgehead atoms. The molecule has 0 radical (unpaired) electrons. The maximum absolute atomic E-state index is 11.3. The number of carbonyl (C=O) groups is 2. The summed E-state index contributed by atoms with van der Waals surface area (Å²) in [6.07, 6.45) is 2.96. The minimum absolute atomic E-state index is 0.158. The van der Waals surface area contributed by atoms with E-state index in [9.17, 15) is 14.7 Å². The summed E-state index contributed by atoms with van der Waals surface area (Å²) in [4.78, 5) is 22.2. The molecule has 0 atom stereocenters. The van der Waals surface area contributed by atoms with Gasteiger partial charge in [0.15, 0.2) is 0 Å². The van der Waals surface area contributed by atoms with Crippen LogP contribution in [0.25, 0.3) is 5.70 Å². The van der Waals surface area contributed by atoms with Crippen molar-refractivity contribution in [3.8, 4) is 0 Å². The zero-order chi connectivity index (χ0) is 15.9. The Labute approximate surface area is 129 Å². The maximum Gasteiger partial charge on any atom is 0.337 e. The van der Waals surface area contributed by atoms with Crippen molar-refractivity contribution in [1.82, 2.24) is 0 Å². The molecule has 0 heterocycles. The highest BCUT2D eigenvalue weighted by molar-refractivity contribution is 5.97. The van der Waals surface area contributed by atoms with Gasteiger partial charge < -0.3 is 10.4 Å². The van der Waals surface area contributed by atoms with Gasteiger partial charge in [-0.2, -0.15) is 0 Å². The smallest absolute Gasteiger partial charge is 0.337 e. The number of rotatable bonds is 6. The molecule has 112 valence electrons. The highest BCUT2D eigenvalue weighted by atomic mass is 16.4. The van der Waals surface area contributed by atoms with E-state index in [-0.39, 0.29) is 5.56 Å². The number of allylic oxidation sites excluding steroid dienone is 1. The van der Waals surface area contributed by atoms with Gasteiger partial charge in [0, 0.05) is 11.8 Å². The number of aryl methyl sites for hydroxylation is 1. The van der Waals surface area contributed by atoms with Crippen molar-refractivity contribution in [3.63, 3.8) is 0 Å². The van der Waals surface area contributed by atoms with E-state index in [4.69, 9.17) is 0 Å². The summed E-state index contributed by atoms with van der Waals surface area (Å²) in [5.74, 6) is -1.02. The Hall–Kier alpha value is -2.88. The highest BCUT2D eigenvalue weighted by Crippen LogP contribution is 2.22. The van der Waals surface area contributed by atoms with E-state index in [0.29, 0.717) is 17.7 Å². The van der Waals surface area contributed by atoms with Crippen LogP contribution in [0.2, 0.25) is 0 Å². The van der Waals surface area contributed by atoms with Crippen LogP contribution in [0.3, 0.4) is 0 Å². The van der Waals surface area contributed by atoms with Gasteiger partial charge >= 0.3 is 5.97 Å². The number of aldehydes is 1. The molecule has 4 heteroatoms. The van der Waals surface area contributed by atoms with Crippen LogP contribution >= 0.6 is 0 Å². The molecule has 2 rings (SSSR count). The number of carbonyl (C=O) groups excluding carboxylic acids is 1. The number of para-hydroxylation sites is 1. The van der Waals surface area contributed by atoms with Gasteiger partial charge in [0.2, 0.25) is 0 Å². The monoisotopic (exact) mass is 295 g/mol. The van der Waals surface area contributed by atoms with E-state index < -0.39 is 5.97 Å². The number of carboxylic acid groups (broad SMARTS) is 1. The Morgan fingerprint density at radius 1 is 1.18 bits per heavy atom. The van der Waals surface area contributed by atoms with Crippen LogP contribution in [0, 0.1) is 0 Å². The van der Waals surface area contributed by atoms with Gasteiger partial charge in [-0.1, -0.05) is 37.3 Å². The first-order valence-electron chi connectivity index (χ1n) is 6.99. The standard InChI is InChI=1S/C18H17NO3/c1-2-13-6-5-7-14(12-13)16(10-11-20)19-17-9-4-3-8-15(17)18(21)22/h3-12,19H,2H2,1H3,(H,21,22). The molecule has 2 aromatic carbocycles. The average molecular weight is 295 g/mol. The van der Waals surface area contributed by atoms with Gasteiger partial charge in [0.25, 0.3) is 0 Å². The predicted molar refractivity (Wildman–Crippen MR) is 86.9 cm³/mol. The number of hydrogen-bond donors (Lipinski definition) is 2. The minimum Gasteiger partial charge on any atom is -0.478 e. The topological polar surface area (TPSA) is 66.4 Å². The van der Waals surface area contributed by atoms with Crippen molar-refractivity contribution >= 4 is 23.6 Å². The lowest BCUT2D eigenvalue weighted by atomic mass is 10.1. The summed E-state index contributed by atoms with van der Waals surface area (Å²) in [5.41, 5.74) is 3.16. The van der Waals surface area contributed by atoms with E-state index >= 15 is 0 Å². The summed E-state index contributed by atoms with van der Waals surface area (Å²) in [7, 11) is 0. The second-order valence-electron chi connectivity index (χ2n) is 4.75. The van der Waals surface area contributed by atoms with Crippen molar-refractivity contribution in [3.05, 3.63) is 71.3 Å². The van der Waals surface area contributed by atoms with Gasteiger partial charge in [-0.3, -0.25) is 4.79 Å². The van der Waals surface area contributed by atoms with Crippen LogP contribution in [0.1, 0.15) is 28.4 Å². The quantitative estimate of drug-likeness (QED) is 0.631. The lowest BCUT2D eigenvalue weighted by Gasteiger charge is -2.13. The number of aromatic carboxylic acids is 1. The fourth-order valence-corrected chi connectivity index (χ4v) is 2.16. The predicted octanol–water partition coefficient (Wildman–Crippen LogP) is 3.60. The zero-order valence-electron chi connectivity index (χ0n) is 12.2. The van der Waals surface area contributed by atoms with E-state index in [1.165, 1.54) is 12.1 Å². The number of benzene rings is 2. The van der Waals surface area contributed by atoms with Gasteiger partial charge in [-0.05, 0) is 35.7 Å². The number of nitrogens with one attached hydrogen (secondary N) is 1. The Kier molecular flexibility index (Phi) is 5.09. The number of hydrogen-bond acceptors (Lipinski definition) is 3. The Balaban J connectivity index is 2.40. The van der Waals surface area contributed by atoms with Gasteiger partial charge in [-0.25, -0.2) is 4.79 Å². The lowest BCUT2D eigenvalue weighted by Crippen LogP contribution is -2.06. The molecule has 0 aliphatic carbocycles.